The maximum absolute atomic E-state index is 12.7. The van der Waals surface area contributed by atoms with Gasteiger partial charge in [-0.15, -0.1) is 0 Å². The van der Waals surface area contributed by atoms with E-state index in [2.05, 4.69) is 4.90 Å². The Morgan fingerprint density at radius 3 is 2.67 bits per heavy atom. The van der Waals surface area contributed by atoms with Crippen LogP contribution in [0.25, 0.3) is 0 Å². The van der Waals surface area contributed by atoms with Gasteiger partial charge in [-0.1, -0.05) is 13.8 Å². The van der Waals surface area contributed by atoms with Crippen molar-refractivity contribution in [2.45, 2.75) is 32.9 Å². The molecule has 3 rings (SSSR count). The Bertz CT molecular complexity index is 891. The van der Waals surface area contributed by atoms with Crippen molar-refractivity contribution >= 4 is 15.7 Å². The highest BCUT2D eigenvalue weighted by atomic mass is 32.2. The van der Waals surface area contributed by atoms with Crippen LogP contribution in [-0.4, -0.2) is 81.1 Å². The van der Waals surface area contributed by atoms with Gasteiger partial charge in [-0.2, -0.15) is 0 Å². The van der Waals surface area contributed by atoms with Crippen LogP contribution in [0.3, 0.4) is 0 Å². The summed E-state index contributed by atoms with van der Waals surface area (Å²) in [7, 11) is -3.11. The summed E-state index contributed by atoms with van der Waals surface area (Å²) < 4.78 is 39.9. The van der Waals surface area contributed by atoms with Gasteiger partial charge in [0.15, 0.2) is 16.4 Å². The van der Waals surface area contributed by atoms with Gasteiger partial charge in [0.1, 0.15) is 12.0 Å². The molecule has 3 heterocycles. The largest absolute Gasteiger partial charge is 0.477 e. The molecule has 2 aliphatic rings. The fourth-order valence-corrected chi connectivity index (χ4v) is 5.43. The predicted molar refractivity (Wildman–Crippen MR) is 110 cm³/mol. The minimum absolute atomic E-state index is 0.0240. The number of rotatable bonds is 8. The number of amides is 1. The number of carbonyl (C=O) groups is 1. The van der Waals surface area contributed by atoms with Gasteiger partial charge in [0.2, 0.25) is 11.2 Å². The Morgan fingerprint density at radius 1 is 1.33 bits per heavy atom. The molecular weight excluding hydrogens is 412 g/mol. The molecule has 1 aromatic heterocycles. The molecule has 0 N–H and O–H groups in total. The van der Waals surface area contributed by atoms with Crippen molar-refractivity contribution in [3.05, 3.63) is 28.3 Å². The molecule has 0 saturated carbocycles. The summed E-state index contributed by atoms with van der Waals surface area (Å²) >= 11 is 0. The Kier molecular flexibility index (Phi) is 7.54. The van der Waals surface area contributed by atoms with Crippen molar-refractivity contribution in [2.75, 3.05) is 51.0 Å². The van der Waals surface area contributed by atoms with Crippen LogP contribution in [0.2, 0.25) is 0 Å². The molecule has 9 nitrogen and oxygen atoms in total. The lowest BCUT2D eigenvalue weighted by atomic mass is 10.1. The lowest BCUT2D eigenvalue weighted by Crippen LogP contribution is -2.45. The lowest BCUT2D eigenvalue weighted by Gasteiger charge is -2.29. The maximum atomic E-state index is 12.7. The molecule has 168 valence electrons. The van der Waals surface area contributed by atoms with Crippen molar-refractivity contribution in [2.24, 2.45) is 5.92 Å². The Balaban J connectivity index is 1.59. The number of hydrogen-bond acceptors (Lipinski definition) is 8. The van der Waals surface area contributed by atoms with Crippen LogP contribution in [0.4, 0.5) is 0 Å². The first-order chi connectivity index (χ1) is 14.2. The van der Waals surface area contributed by atoms with Gasteiger partial charge in [0, 0.05) is 31.7 Å². The molecule has 1 aromatic rings. The smallest absolute Gasteiger partial charge is 0.260 e. The van der Waals surface area contributed by atoms with E-state index in [0.29, 0.717) is 38.5 Å². The number of morpholine rings is 1. The fourth-order valence-electron chi connectivity index (χ4n) is 3.70. The molecule has 0 aliphatic carbocycles. The van der Waals surface area contributed by atoms with Gasteiger partial charge in [0.05, 0.1) is 31.3 Å². The van der Waals surface area contributed by atoms with Crippen LogP contribution in [0.1, 0.15) is 26.0 Å². The van der Waals surface area contributed by atoms with E-state index in [4.69, 9.17) is 13.9 Å². The van der Waals surface area contributed by atoms with Crippen LogP contribution in [-0.2, 0) is 25.9 Å². The van der Waals surface area contributed by atoms with Crippen molar-refractivity contribution in [3.63, 3.8) is 0 Å². The minimum Gasteiger partial charge on any atom is -0.477 e. The van der Waals surface area contributed by atoms with Crippen molar-refractivity contribution < 1.29 is 27.1 Å². The molecule has 2 fully saturated rings. The Morgan fingerprint density at radius 2 is 2.07 bits per heavy atom. The monoisotopic (exact) mass is 442 g/mol. The van der Waals surface area contributed by atoms with Gasteiger partial charge >= 0.3 is 0 Å². The molecule has 0 aromatic carbocycles. The van der Waals surface area contributed by atoms with Gasteiger partial charge in [-0.3, -0.25) is 14.5 Å². The normalized spacial score (nSPS) is 21.6. The maximum Gasteiger partial charge on any atom is 0.260 e. The van der Waals surface area contributed by atoms with Gasteiger partial charge in [-0.05, 0) is 12.3 Å². The number of ether oxygens (including phenoxy) is 2. The van der Waals surface area contributed by atoms with Gasteiger partial charge in [-0.25, -0.2) is 8.42 Å². The predicted octanol–water partition coefficient (Wildman–Crippen LogP) is 0.523. The number of nitrogens with zero attached hydrogens (tertiary/aromatic N) is 2. The van der Waals surface area contributed by atoms with E-state index in [1.807, 2.05) is 13.8 Å². The zero-order chi connectivity index (χ0) is 21.7. The summed E-state index contributed by atoms with van der Waals surface area (Å²) in [4.78, 5) is 28.8. The fraction of sp³-hybridized carbons (Fsp3) is 0.700. The second-order valence-corrected chi connectivity index (χ2v) is 10.5. The molecule has 1 atom stereocenters. The molecule has 10 heteroatoms. The quantitative estimate of drug-likeness (QED) is 0.574. The summed E-state index contributed by atoms with van der Waals surface area (Å²) in [6.07, 6.45) is 1.66. The third kappa shape index (κ3) is 6.29. The molecule has 0 unspecified atom stereocenters. The van der Waals surface area contributed by atoms with Gasteiger partial charge < -0.3 is 18.8 Å². The molecule has 30 heavy (non-hydrogen) atoms. The van der Waals surface area contributed by atoms with E-state index in [1.165, 1.54) is 12.3 Å². The van der Waals surface area contributed by atoms with Crippen LogP contribution in [0, 0.1) is 5.92 Å². The summed E-state index contributed by atoms with van der Waals surface area (Å²) in [5, 5.41) is 0. The molecule has 1 amide bonds. The highest BCUT2D eigenvalue weighted by Crippen LogP contribution is 2.19. The van der Waals surface area contributed by atoms with Gasteiger partial charge in [0.25, 0.3) is 5.91 Å². The van der Waals surface area contributed by atoms with E-state index in [0.717, 1.165) is 13.1 Å². The zero-order valence-corrected chi connectivity index (χ0v) is 18.4. The second kappa shape index (κ2) is 9.93. The van der Waals surface area contributed by atoms with E-state index in [1.54, 1.807) is 4.90 Å². The van der Waals surface area contributed by atoms with E-state index < -0.39 is 9.84 Å². The third-order valence-electron chi connectivity index (χ3n) is 5.22. The SMILES string of the molecule is CC(C)CN(C(=O)COc1coc(CN2CCOCC2)cc1=O)[C@H]1CCS(=O)(=O)C1. The molecule has 2 aliphatic heterocycles. The Hall–Kier alpha value is -1.91. The van der Waals surface area contributed by atoms with Crippen molar-refractivity contribution in [3.8, 4) is 5.75 Å². The summed E-state index contributed by atoms with van der Waals surface area (Å²) in [6.45, 7) is 7.41. The molecule has 2 saturated heterocycles. The van der Waals surface area contributed by atoms with Crippen LogP contribution < -0.4 is 10.2 Å². The second-order valence-electron chi connectivity index (χ2n) is 8.25. The van der Waals surface area contributed by atoms with Crippen LogP contribution >= 0.6 is 0 Å². The molecular formula is C20H30N2O7S. The highest BCUT2D eigenvalue weighted by molar-refractivity contribution is 7.91. The molecule has 0 bridgehead atoms. The van der Waals surface area contributed by atoms with Crippen molar-refractivity contribution in [1.29, 1.82) is 0 Å². The standard InChI is InChI=1S/C20H30N2O7S/c1-15(2)10-22(16-3-8-30(25,26)14-16)20(24)13-29-19-12-28-17(9-18(19)23)11-21-4-6-27-7-5-21/h9,12,15-16H,3-8,10-11,13-14H2,1-2H3/t16-/m0/s1. The average Bonchev–Trinajstić information content (AvgIpc) is 3.05. The average molecular weight is 443 g/mol. The summed E-state index contributed by atoms with van der Waals surface area (Å²) in [6, 6.07) is 1.03. The number of hydrogen-bond donors (Lipinski definition) is 0. The van der Waals surface area contributed by atoms with E-state index in [9.17, 15) is 18.0 Å². The highest BCUT2D eigenvalue weighted by Gasteiger charge is 2.35. The summed E-state index contributed by atoms with van der Waals surface area (Å²) in [5.41, 5.74) is -0.351. The topological polar surface area (TPSA) is 106 Å². The first-order valence-corrected chi connectivity index (χ1v) is 12.1. The third-order valence-corrected chi connectivity index (χ3v) is 6.97. The first kappa shape index (κ1) is 22.8. The molecule has 0 radical (unpaired) electrons. The van der Waals surface area contributed by atoms with Crippen molar-refractivity contribution in [1.82, 2.24) is 9.80 Å². The summed E-state index contributed by atoms with van der Waals surface area (Å²) in [5.74, 6) is 0.415. The lowest BCUT2D eigenvalue weighted by molar-refractivity contribution is -0.135. The zero-order valence-electron chi connectivity index (χ0n) is 17.5. The number of carbonyl (C=O) groups excluding carboxylic acids is 1. The Labute approximate surface area is 176 Å². The van der Waals surface area contributed by atoms with Crippen LogP contribution in [0.5, 0.6) is 5.75 Å². The van der Waals surface area contributed by atoms with E-state index >= 15 is 0 Å². The first-order valence-electron chi connectivity index (χ1n) is 10.3. The van der Waals surface area contributed by atoms with Crippen LogP contribution in [0.15, 0.2) is 21.5 Å². The number of sulfone groups is 1. The minimum atomic E-state index is -3.11. The van der Waals surface area contributed by atoms with E-state index in [-0.39, 0.29) is 47.2 Å². The molecule has 0 spiro atoms.